The zero-order valence-electron chi connectivity index (χ0n) is 10.5. The summed E-state index contributed by atoms with van der Waals surface area (Å²) in [7, 11) is 0. The fourth-order valence-corrected chi connectivity index (χ4v) is 2.02. The summed E-state index contributed by atoms with van der Waals surface area (Å²) in [5, 5.41) is 13.0. The Morgan fingerprint density at radius 3 is 2.88 bits per heavy atom. The van der Waals surface area contributed by atoms with Gasteiger partial charge in [-0.05, 0) is 19.8 Å². The first-order valence-corrected chi connectivity index (χ1v) is 6.39. The lowest BCUT2D eigenvalue weighted by molar-refractivity contribution is -0.148. The van der Waals surface area contributed by atoms with E-state index in [1.165, 1.54) is 6.42 Å². The average Bonchev–Trinajstić information content (AvgIpc) is 2.31. The van der Waals surface area contributed by atoms with E-state index in [2.05, 4.69) is 5.32 Å². The minimum atomic E-state index is -0.329. The predicted octanol–water partition coefficient (Wildman–Crippen LogP) is 0.459. The van der Waals surface area contributed by atoms with E-state index >= 15 is 0 Å². The molecule has 1 saturated carbocycles. The summed E-state index contributed by atoms with van der Waals surface area (Å²) in [5.41, 5.74) is 0. The van der Waals surface area contributed by atoms with Gasteiger partial charge in [0.25, 0.3) is 0 Å². The van der Waals surface area contributed by atoms with Gasteiger partial charge >= 0.3 is 5.97 Å². The van der Waals surface area contributed by atoms with Crippen molar-refractivity contribution in [2.75, 3.05) is 26.4 Å². The third-order valence-corrected chi connectivity index (χ3v) is 2.91. The minimum absolute atomic E-state index is 0.00272. The predicted molar refractivity (Wildman–Crippen MR) is 63.7 cm³/mol. The Balaban J connectivity index is 1.98. The third kappa shape index (κ3) is 6.00. The van der Waals surface area contributed by atoms with E-state index in [9.17, 15) is 9.90 Å². The van der Waals surface area contributed by atoms with Gasteiger partial charge in [0, 0.05) is 12.6 Å². The van der Waals surface area contributed by atoms with Crippen LogP contribution < -0.4 is 5.32 Å². The molecule has 0 radical (unpaired) electrons. The quantitative estimate of drug-likeness (QED) is 0.504. The van der Waals surface area contributed by atoms with Gasteiger partial charge in [0.2, 0.25) is 0 Å². The van der Waals surface area contributed by atoms with Crippen molar-refractivity contribution in [3.8, 4) is 0 Å². The molecular formula is C12H23NO4. The standard InChI is InChI=1S/C12H23NO4/c1-2-17-12(15)9-16-8-7-13-10-5-3-4-6-11(10)14/h10-11,13-14H,2-9H2,1H3. The van der Waals surface area contributed by atoms with Crippen LogP contribution in [0, 0.1) is 0 Å². The van der Waals surface area contributed by atoms with E-state index in [0.29, 0.717) is 19.8 Å². The maximum atomic E-state index is 11.0. The van der Waals surface area contributed by atoms with Crippen molar-refractivity contribution in [1.82, 2.24) is 5.32 Å². The Bertz CT molecular complexity index is 223. The number of nitrogens with one attached hydrogen (secondary N) is 1. The number of ether oxygens (including phenoxy) is 2. The monoisotopic (exact) mass is 245 g/mol. The van der Waals surface area contributed by atoms with Crippen LogP contribution in [-0.2, 0) is 14.3 Å². The van der Waals surface area contributed by atoms with Gasteiger partial charge in [0.1, 0.15) is 6.61 Å². The molecule has 5 heteroatoms. The number of rotatable bonds is 7. The summed E-state index contributed by atoms with van der Waals surface area (Å²) < 4.78 is 9.89. The molecule has 0 saturated heterocycles. The van der Waals surface area contributed by atoms with Gasteiger partial charge in [0.05, 0.1) is 19.3 Å². The molecule has 2 N–H and O–H groups in total. The second kappa shape index (κ2) is 8.44. The first kappa shape index (κ1) is 14.4. The Morgan fingerprint density at radius 2 is 2.18 bits per heavy atom. The van der Waals surface area contributed by atoms with Crippen LogP contribution in [0.1, 0.15) is 32.6 Å². The van der Waals surface area contributed by atoms with E-state index in [1.807, 2.05) is 0 Å². The summed E-state index contributed by atoms with van der Waals surface area (Å²) in [6, 6.07) is 0.176. The number of carbonyl (C=O) groups excluding carboxylic acids is 1. The average molecular weight is 245 g/mol. The maximum absolute atomic E-state index is 11.0. The summed E-state index contributed by atoms with van der Waals surface area (Å²) in [6.07, 6.45) is 3.92. The highest BCUT2D eigenvalue weighted by Gasteiger charge is 2.21. The molecule has 0 aromatic carbocycles. The molecule has 1 aliphatic carbocycles. The van der Waals surface area contributed by atoms with Crippen LogP contribution in [0.2, 0.25) is 0 Å². The van der Waals surface area contributed by atoms with Gasteiger partial charge in [-0.15, -0.1) is 0 Å². The van der Waals surface area contributed by atoms with E-state index in [0.717, 1.165) is 19.3 Å². The number of esters is 1. The molecule has 17 heavy (non-hydrogen) atoms. The van der Waals surface area contributed by atoms with E-state index in [4.69, 9.17) is 9.47 Å². The molecule has 2 atom stereocenters. The maximum Gasteiger partial charge on any atom is 0.332 e. The first-order valence-electron chi connectivity index (χ1n) is 6.39. The molecule has 5 nitrogen and oxygen atoms in total. The zero-order chi connectivity index (χ0) is 12.5. The zero-order valence-corrected chi connectivity index (χ0v) is 10.5. The fourth-order valence-electron chi connectivity index (χ4n) is 2.02. The molecule has 2 unspecified atom stereocenters. The molecule has 0 heterocycles. The van der Waals surface area contributed by atoms with Crippen LogP contribution in [-0.4, -0.2) is 49.6 Å². The number of hydrogen-bond acceptors (Lipinski definition) is 5. The summed E-state index contributed by atoms with van der Waals surface area (Å²) in [6.45, 7) is 3.27. The van der Waals surface area contributed by atoms with Gasteiger partial charge in [-0.25, -0.2) is 4.79 Å². The van der Waals surface area contributed by atoms with Crippen LogP contribution >= 0.6 is 0 Å². The van der Waals surface area contributed by atoms with Gasteiger partial charge < -0.3 is 19.9 Å². The Kier molecular flexibility index (Phi) is 7.16. The number of carbonyl (C=O) groups is 1. The van der Waals surface area contributed by atoms with Crippen molar-refractivity contribution in [2.45, 2.75) is 44.8 Å². The number of aliphatic hydroxyl groups is 1. The molecule has 0 bridgehead atoms. The van der Waals surface area contributed by atoms with Crippen LogP contribution in [0.5, 0.6) is 0 Å². The smallest absolute Gasteiger partial charge is 0.332 e. The lowest BCUT2D eigenvalue weighted by Gasteiger charge is -2.28. The second-order valence-electron chi connectivity index (χ2n) is 4.27. The van der Waals surface area contributed by atoms with Gasteiger partial charge in [-0.1, -0.05) is 12.8 Å². The van der Waals surface area contributed by atoms with Crippen molar-refractivity contribution >= 4 is 5.97 Å². The number of aliphatic hydroxyl groups excluding tert-OH is 1. The largest absolute Gasteiger partial charge is 0.464 e. The van der Waals surface area contributed by atoms with Crippen molar-refractivity contribution in [3.05, 3.63) is 0 Å². The summed E-state index contributed by atoms with van der Waals surface area (Å²) in [5.74, 6) is -0.329. The lowest BCUT2D eigenvalue weighted by Crippen LogP contribution is -2.43. The van der Waals surface area contributed by atoms with E-state index in [1.54, 1.807) is 6.92 Å². The van der Waals surface area contributed by atoms with Crippen molar-refractivity contribution in [2.24, 2.45) is 0 Å². The second-order valence-corrected chi connectivity index (χ2v) is 4.27. The van der Waals surface area contributed by atoms with Gasteiger partial charge in [-0.2, -0.15) is 0 Å². The molecule has 0 aromatic heterocycles. The molecule has 100 valence electrons. The van der Waals surface area contributed by atoms with Gasteiger partial charge in [0.15, 0.2) is 0 Å². The fraction of sp³-hybridized carbons (Fsp3) is 0.917. The number of hydrogen-bond donors (Lipinski definition) is 2. The summed E-state index contributed by atoms with van der Waals surface area (Å²) >= 11 is 0. The van der Waals surface area contributed by atoms with E-state index < -0.39 is 0 Å². The van der Waals surface area contributed by atoms with Crippen molar-refractivity contribution < 1.29 is 19.4 Å². The minimum Gasteiger partial charge on any atom is -0.464 e. The third-order valence-electron chi connectivity index (χ3n) is 2.91. The van der Waals surface area contributed by atoms with Crippen LogP contribution in [0.15, 0.2) is 0 Å². The molecule has 0 spiro atoms. The van der Waals surface area contributed by atoms with Crippen molar-refractivity contribution in [1.29, 1.82) is 0 Å². The summed E-state index contributed by atoms with van der Waals surface area (Å²) in [4.78, 5) is 11.0. The molecular weight excluding hydrogens is 222 g/mol. The molecule has 0 aromatic rings. The molecule has 1 fully saturated rings. The molecule has 1 aliphatic rings. The highest BCUT2D eigenvalue weighted by atomic mass is 16.6. The Morgan fingerprint density at radius 1 is 1.41 bits per heavy atom. The molecule has 0 amide bonds. The van der Waals surface area contributed by atoms with Crippen LogP contribution in [0.25, 0.3) is 0 Å². The first-order chi connectivity index (χ1) is 8.24. The highest BCUT2D eigenvalue weighted by Crippen LogP contribution is 2.17. The Hall–Kier alpha value is -0.650. The SMILES string of the molecule is CCOC(=O)COCCNC1CCCCC1O. The highest BCUT2D eigenvalue weighted by molar-refractivity contribution is 5.70. The Labute approximate surface area is 102 Å². The molecule has 0 aliphatic heterocycles. The lowest BCUT2D eigenvalue weighted by atomic mass is 9.93. The van der Waals surface area contributed by atoms with Crippen LogP contribution in [0.4, 0.5) is 0 Å². The molecule has 1 rings (SSSR count). The normalized spacial score (nSPS) is 24.6. The van der Waals surface area contributed by atoms with Crippen LogP contribution in [0.3, 0.4) is 0 Å². The van der Waals surface area contributed by atoms with Crippen molar-refractivity contribution in [3.63, 3.8) is 0 Å². The van der Waals surface area contributed by atoms with E-state index in [-0.39, 0.29) is 24.7 Å². The van der Waals surface area contributed by atoms with Gasteiger partial charge in [-0.3, -0.25) is 0 Å². The topological polar surface area (TPSA) is 67.8 Å².